The molecule has 0 aromatic carbocycles. The van der Waals surface area contributed by atoms with Gasteiger partial charge in [0.2, 0.25) is 11.7 Å². The van der Waals surface area contributed by atoms with Gasteiger partial charge in [-0.2, -0.15) is 13.2 Å². The van der Waals surface area contributed by atoms with Crippen LogP contribution in [0, 0.1) is 0 Å². The van der Waals surface area contributed by atoms with Crippen molar-refractivity contribution in [1.29, 1.82) is 0 Å². The maximum absolute atomic E-state index is 12.8. The maximum Gasteiger partial charge on any atom is 0.433 e. The molecule has 1 fully saturated rings. The Hall–Kier alpha value is -1.90. The van der Waals surface area contributed by atoms with E-state index in [1.807, 2.05) is 6.92 Å². The van der Waals surface area contributed by atoms with Gasteiger partial charge in [-0.3, -0.25) is 4.79 Å². The second-order valence-electron chi connectivity index (χ2n) is 5.49. The first-order valence-corrected chi connectivity index (χ1v) is 7.23. The van der Waals surface area contributed by atoms with Gasteiger partial charge in [0.25, 0.3) is 0 Å². The molecule has 0 aliphatic carbocycles. The highest BCUT2D eigenvalue weighted by Gasteiger charge is 2.42. The van der Waals surface area contributed by atoms with Gasteiger partial charge in [-0.15, -0.1) is 0 Å². The van der Waals surface area contributed by atoms with Crippen LogP contribution < -0.4 is 4.90 Å². The van der Waals surface area contributed by atoms with Crippen molar-refractivity contribution in [1.82, 2.24) is 9.97 Å². The average Bonchev–Trinajstić information content (AvgIpc) is 2.45. The van der Waals surface area contributed by atoms with Crippen molar-refractivity contribution < 1.29 is 27.8 Å². The highest BCUT2D eigenvalue weighted by Crippen LogP contribution is 2.33. The van der Waals surface area contributed by atoms with E-state index in [0.717, 1.165) is 12.3 Å². The van der Waals surface area contributed by atoms with Crippen molar-refractivity contribution in [2.24, 2.45) is 0 Å². The molecule has 1 aromatic rings. The number of esters is 1. The first-order valence-electron chi connectivity index (χ1n) is 7.23. The normalized spacial score (nSPS) is 25.3. The summed E-state index contributed by atoms with van der Waals surface area (Å²) >= 11 is 0. The number of rotatable bonds is 3. The van der Waals surface area contributed by atoms with Gasteiger partial charge in [0.15, 0.2) is 0 Å². The number of halogens is 3. The van der Waals surface area contributed by atoms with Crippen molar-refractivity contribution in [2.75, 3.05) is 11.4 Å². The molecule has 1 N–H and O–H groups in total. The number of anilines is 1. The van der Waals surface area contributed by atoms with Crippen LogP contribution in [-0.4, -0.2) is 39.4 Å². The standard InChI is InChI=1S/C14H18F3N3O3/c1-3-10-8-13(22,23-9(2)21)5-7-20(10)12-18-6-4-11(19-12)14(15,16)17/h4,6,10,22H,3,5,7-8H2,1-2H3. The summed E-state index contributed by atoms with van der Waals surface area (Å²) in [7, 11) is 0. The minimum Gasteiger partial charge on any atom is -0.433 e. The SMILES string of the molecule is CCC1CC(O)(OC(C)=O)CCN1c1nccc(C(F)(F)F)n1. The van der Waals surface area contributed by atoms with Crippen molar-refractivity contribution in [2.45, 2.75) is 51.1 Å². The van der Waals surface area contributed by atoms with E-state index in [4.69, 9.17) is 4.74 Å². The van der Waals surface area contributed by atoms with Crippen LogP contribution in [0.3, 0.4) is 0 Å². The number of piperidine rings is 1. The monoisotopic (exact) mass is 333 g/mol. The molecule has 0 amide bonds. The molecule has 0 radical (unpaired) electrons. The number of aromatic nitrogens is 2. The quantitative estimate of drug-likeness (QED) is 0.675. The summed E-state index contributed by atoms with van der Waals surface area (Å²) in [5.74, 6) is -2.26. The molecule has 1 aliphatic heterocycles. The highest BCUT2D eigenvalue weighted by atomic mass is 19.4. The Morgan fingerprint density at radius 1 is 1.57 bits per heavy atom. The number of aliphatic hydroxyl groups is 1. The molecule has 1 aromatic heterocycles. The predicted molar refractivity (Wildman–Crippen MR) is 74.4 cm³/mol. The molecule has 128 valence electrons. The summed E-state index contributed by atoms with van der Waals surface area (Å²) in [6, 6.07) is 0.473. The second kappa shape index (κ2) is 6.31. The van der Waals surface area contributed by atoms with E-state index >= 15 is 0 Å². The number of nitrogens with zero attached hydrogens (tertiary/aromatic N) is 3. The lowest BCUT2D eigenvalue weighted by Gasteiger charge is -2.42. The number of carbonyl (C=O) groups is 1. The molecule has 2 unspecified atom stereocenters. The molecule has 0 bridgehead atoms. The lowest BCUT2D eigenvalue weighted by molar-refractivity contribution is -0.217. The van der Waals surface area contributed by atoms with E-state index in [1.165, 1.54) is 6.92 Å². The average molecular weight is 333 g/mol. The first-order chi connectivity index (χ1) is 10.6. The first kappa shape index (κ1) is 17.5. The fourth-order valence-electron chi connectivity index (χ4n) is 2.69. The van der Waals surface area contributed by atoms with Crippen LogP contribution in [0.2, 0.25) is 0 Å². The fourth-order valence-corrected chi connectivity index (χ4v) is 2.69. The molecule has 2 rings (SSSR count). The largest absolute Gasteiger partial charge is 0.433 e. The van der Waals surface area contributed by atoms with Crippen LogP contribution in [0.15, 0.2) is 12.3 Å². The van der Waals surface area contributed by atoms with Crippen LogP contribution in [0.4, 0.5) is 19.1 Å². The van der Waals surface area contributed by atoms with E-state index in [1.54, 1.807) is 4.90 Å². The van der Waals surface area contributed by atoms with Gasteiger partial charge in [-0.1, -0.05) is 6.92 Å². The van der Waals surface area contributed by atoms with Gasteiger partial charge < -0.3 is 14.7 Å². The molecule has 23 heavy (non-hydrogen) atoms. The summed E-state index contributed by atoms with van der Waals surface area (Å²) in [5, 5.41) is 10.3. The van der Waals surface area contributed by atoms with Gasteiger partial charge in [-0.05, 0) is 12.5 Å². The third-order valence-corrected chi connectivity index (χ3v) is 3.73. The maximum atomic E-state index is 12.8. The zero-order valence-electron chi connectivity index (χ0n) is 12.8. The molecule has 1 saturated heterocycles. The third-order valence-electron chi connectivity index (χ3n) is 3.73. The number of alkyl halides is 3. The smallest absolute Gasteiger partial charge is 0.433 e. The molecule has 0 saturated carbocycles. The topological polar surface area (TPSA) is 75.6 Å². The van der Waals surface area contributed by atoms with E-state index in [2.05, 4.69) is 9.97 Å². The Morgan fingerprint density at radius 3 is 2.83 bits per heavy atom. The van der Waals surface area contributed by atoms with E-state index < -0.39 is 23.6 Å². The Bertz CT molecular complexity index is 582. The molecule has 2 heterocycles. The zero-order valence-corrected chi connectivity index (χ0v) is 12.8. The summed E-state index contributed by atoms with van der Waals surface area (Å²) in [4.78, 5) is 20.2. The Morgan fingerprint density at radius 2 is 2.26 bits per heavy atom. The third kappa shape index (κ3) is 4.10. The van der Waals surface area contributed by atoms with Gasteiger partial charge in [0, 0.05) is 38.5 Å². The van der Waals surface area contributed by atoms with E-state index in [0.29, 0.717) is 6.42 Å². The van der Waals surface area contributed by atoms with Crippen LogP contribution in [0.25, 0.3) is 0 Å². The molecule has 9 heteroatoms. The Kier molecular flexibility index (Phi) is 4.79. The van der Waals surface area contributed by atoms with Gasteiger partial charge in [0.05, 0.1) is 0 Å². The van der Waals surface area contributed by atoms with Crippen molar-refractivity contribution in [3.8, 4) is 0 Å². The molecular formula is C14H18F3N3O3. The van der Waals surface area contributed by atoms with Crippen LogP contribution >= 0.6 is 0 Å². The Balaban J connectivity index is 2.23. The van der Waals surface area contributed by atoms with E-state index in [-0.39, 0.29) is 31.4 Å². The molecule has 0 spiro atoms. The molecular weight excluding hydrogens is 315 g/mol. The van der Waals surface area contributed by atoms with Crippen LogP contribution in [-0.2, 0) is 15.7 Å². The summed E-state index contributed by atoms with van der Waals surface area (Å²) in [5.41, 5.74) is -1.02. The fraction of sp³-hybridized carbons (Fsp3) is 0.643. The summed E-state index contributed by atoms with van der Waals surface area (Å²) in [6.07, 6.45) is -2.80. The van der Waals surface area contributed by atoms with Crippen LogP contribution in [0.5, 0.6) is 0 Å². The highest BCUT2D eigenvalue weighted by molar-refractivity contribution is 5.66. The van der Waals surface area contributed by atoms with E-state index in [9.17, 15) is 23.1 Å². The van der Waals surface area contributed by atoms with Crippen LogP contribution in [0.1, 0.15) is 38.8 Å². The second-order valence-corrected chi connectivity index (χ2v) is 5.49. The number of carbonyl (C=O) groups excluding carboxylic acids is 1. The van der Waals surface area contributed by atoms with Gasteiger partial charge in [0.1, 0.15) is 5.69 Å². The zero-order chi connectivity index (χ0) is 17.3. The number of ether oxygens (including phenoxy) is 1. The predicted octanol–water partition coefficient (Wildman–Crippen LogP) is 2.13. The summed E-state index contributed by atoms with van der Waals surface area (Å²) in [6.45, 7) is 3.20. The van der Waals surface area contributed by atoms with Crippen molar-refractivity contribution in [3.63, 3.8) is 0 Å². The minimum atomic E-state index is -4.55. The molecule has 2 atom stereocenters. The molecule has 1 aliphatic rings. The van der Waals surface area contributed by atoms with Gasteiger partial charge >= 0.3 is 12.1 Å². The molecule has 6 nitrogen and oxygen atoms in total. The minimum absolute atomic E-state index is 0.0449. The summed E-state index contributed by atoms with van der Waals surface area (Å²) < 4.78 is 43.3. The van der Waals surface area contributed by atoms with Crippen molar-refractivity contribution in [3.05, 3.63) is 18.0 Å². The number of hydrogen-bond donors (Lipinski definition) is 1. The Labute approximate surface area is 131 Å². The number of hydrogen-bond acceptors (Lipinski definition) is 6. The lowest BCUT2D eigenvalue weighted by Crippen LogP contribution is -2.52. The van der Waals surface area contributed by atoms with Gasteiger partial charge in [-0.25, -0.2) is 9.97 Å². The lowest BCUT2D eigenvalue weighted by atomic mass is 9.94. The van der Waals surface area contributed by atoms with Crippen molar-refractivity contribution >= 4 is 11.9 Å².